The molecule has 29 heavy (non-hydrogen) atoms. The van der Waals surface area contributed by atoms with Gasteiger partial charge in [-0.25, -0.2) is 0 Å². The van der Waals surface area contributed by atoms with Gasteiger partial charge in [-0.05, 0) is 0 Å². The topological polar surface area (TPSA) is 37.3 Å². The molecular formula is C26H57O2P. The Morgan fingerprint density at radius 1 is 0.517 bits per heavy atom. The molecule has 0 bridgehead atoms. The number of aliphatic carboxylic acids is 1. The Morgan fingerprint density at radius 2 is 0.724 bits per heavy atom. The van der Waals surface area contributed by atoms with Gasteiger partial charge in [-0.2, -0.15) is 0 Å². The molecule has 0 amide bonds. The zero-order valence-electron chi connectivity index (χ0n) is 21.0. The summed E-state index contributed by atoms with van der Waals surface area (Å²) in [6.45, 7) is 10.5. The molecule has 1 N–H and O–H groups in total. The van der Waals surface area contributed by atoms with Gasteiger partial charge in [0.25, 0.3) is 5.97 Å². The van der Waals surface area contributed by atoms with Crippen molar-refractivity contribution in [2.45, 2.75) is 137 Å². The molecule has 0 aromatic carbocycles. The molecule has 0 fully saturated rings. The molecule has 0 radical (unpaired) electrons. The number of carboxylic acid groups (broad SMARTS) is 1. The standard InChI is InChI=1S/C24H53P.C2H4O2/c1-5-9-13-17-21-25(22-18-14-10-6-2,23-19-15-11-7-3)24-20-16-12-8-4;1-2(3)4/h25H,5-24H2,1-4H3;1H3,(H,3,4). The monoisotopic (exact) mass is 432 g/mol. The zero-order valence-corrected chi connectivity index (χ0v) is 22.0. The molecule has 0 saturated heterocycles. The molecule has 0 atom stereocenters. The third kappa shape index (κ3) is 24.0. The van der Waals surface area contributed by atoms with Gasteiger partial charge in [0.15, 0.2) is 0 Å². The second kappa shape index (κ2) is 24.2. The third-order valence-electron chi connectivity index (χ3n) is 6.24. The van der Waals surface area contributed by atoms with Crippen molar-refractivity contribution in [1.82, 2.24) is 0 Å². The Hall–Kier alpha value is -0.100. The van der Waals surface area contributed by atoms with Crippen molar-refractivity contribution in [1.29, 1.82) is 0 Å². The van der Waals surface area contributed by atoms with E-state index in [0.717, 1.165) is 6.92 Å². The first kappa shape index (κ1) is 31.1. The summed E-state index contributed by atoms with van der Waals surface area (Å²) >= 11 is 0. The van der Waals surface area contributed by atoms with Crippen molar-refractivity contribution < 1.29 is 9.90 Å². The number of rotatable bonds is 20. The van der Waals surface area contributed by atoms with Gasteiger partial charge in [-0.3, -0.25) is 4.79 Å². The summed E-state index contributed by atoms with van der Waals surface area (Å²) in [5, 5.41) is 7.42. The van der Waals surface area contributed by atoms with Gasteiger partial charge >= 0.3 is 162 Å². The van der Waals surface area contributed by atoms with Crippen LogP contribution in [0.25, 0.3) is 0 Å². The van der Waals surface area contributed by atoms with Crippen LogP contribution in [-0.2, 0) is 4.79 Å². The molecular weight excluding hydrogens is 375 g/mol. The fourth-order valence-electron chi connectivity index (χ4n) is 4.46. The van der Waals surface area contributed by atoms with Crippen LogP contribution in [0.15, 0.2) is 0 Å². The summed E-state index contributed by atoms with van der Waals surface area (Å²) in [7, 11) is -0.995. The Balaban J connectivity index is 0. The van der Waals surface area contributed by atoms with E-state index in [9.17, 15) is 0 Å². The van der Waals surface area contributed by atoms with Crippen molar-refractivity contribution in [2.75, 3.05) is 24.6 Å². The van der Waals surface area contributed by atoms with Crippen LogP contribution >= 0.6 is 7.26 Å². The van der Waals surface area contributed by atoms with Crippen molar-refractivity contribution >= 4 is 13.2 Å². The van der Waals surface area contributed by atoms with Crippen LogP contribution in [0, 0.1) is 0 Å². The SMILES string of the molecule is CC(=O)O.CCCCCC[PH](CCCCCC)(CCCCCC)CCCCCC. The number of carboxylic acids is 1. The summed E-state index contributed by atoms with van der Waals surface area (Å²) in [5.74, 6) is -0.833. The van der Waals surface area contributed by atoms with E-state index >= 15 is 0 Å². The van der Waals surface area contributed by atoms with E-state index in [2.05, 4.69) is 27.7 Å². The number of hydrogen-bond acceptors (Lipinski definition) is 1. The van der Waals surface area contributed by atoms with Gasteiger partial charge in [-0.15, -0.1) is 0 Å². The molecule has 0 heterocycles. The van der Waals surface area contributed by atoms with Crippen LogP contribution in [0.5, 0.6) is 0 Å². The first-order valence-corrected chi connectivity index (χ1v) is 16.0. The predicted molar refractivity (Wildman–Crippen MR) is 138 cm³/mol. The quantitative estimate of drug-likeness (QED) is 0.154. The van der Waals surface area contributed by atoms with Gasteiger partial charge in [0.2, 0.25) is 0 Å². The summed E-state index contributed by atoms with van der Waals surface area (Å²) in [5.41, 5.74) is 0. The van der Waals surface area contributed by atoms with E-state index < -0.39 is 13.2 Å². The number of hydrogen-bond donors (Lipinski definition) is 1. The molecule has 0 aliphatic heterocycles. The van der Waals surface area contributed by atoms with Crippen LogP contribution in [0.3, 0.4) is 0 Å². The van der Waals surface area contributed by atoms with Crippen LogP contribution in [-0.4, -0.2) is 35.7 Å². The summed E-state index contributed by atoms with van der Waals surface area (Å²) in [6, 6.07) is 0. The molecule has 2 nitrogen and oxygen atoms in total. The Bertz CT molecular complexity index is 273. The van der Waals surface area contributed by atoms with Gasteiger partial charge in [-0.1, -0.05) is 0 Å². The molecule has 0 aliphatic carbocycles. The van der Waals surface area contributed by atoms with Crippen molar-refractivity contribution in [3.8, 4) is 0 Å². The van der Waals surface area contributed by atoms with Crippen molar-refractivity contribution in [3.63, 3.8) is 0 Å². The first-order chi connectivity index (χ1) is 14.0. The average molecular weight is 433 g/mol. The van der Waals surface area contributed by atoms with E-state index in [1.807, 2.05) is 0 Å². The fourth-order valence-corrected chi connectivity index (χ4v) is 9.96. The zero-order chi connectivity index (χ0) is 22.2. The van der Waals surface area contributed by atoms with Gasteiger partial charge < -0.3 is 5.11 Å². The molecule has 0 unspecified atom stereocenters. The molecule has 3 heteroatoms. The van der Waals surface area contributed by atoms with Crippen molar-refractivity contribution in [3.05, 3.63) is 0 Å². The molecule has 178 valence electrons. The maximum atomic E-state index is 9.00. The normalized spacial score (nSPS) is 11.8. The summed E-state index contributed by atoms with van der Waals surface area (Å²) in [6.07, 6.45) is 30.3. The van der Waals surface area contributed by atoms with Gasteiger partial charge in [0, 0.05) is 6.92 Å². The van der Waals surface area contributed by atoms with Gasteiger partial charge in [0.05, 0.1) is 0 Å². The van der Waals surface area contributed by atoms with E-state index in [0.29, 0.717) is 0 Å². The number of unbranched alkanes of at least 4 members (excludes halogenated alkanes) is 12. The Labute approximate surface area is 185 Å². The molecule has 0 aromatic rings. The average Bonchev–Trinajstić information content (AvgIpc) is 2.69. The molecule has 0 aromatic heterocycles. The summed E-state index contributed by atoms with van der Waals surface area (Å²) < 4.78 is 0. The first-order valence-electron chi connectivity index (χ1n) is 13.2. The Kier molecular flexibility index (Phi) is 25.9. The molecule has 0 saturated carbocycles. The third-order valence-corrected chi connectivity index (χ3v) is 11.9. The molecule has 0 spiro atoms. The van der Waals surface area contributed by atoms with Crippen LogP contribution in [0.1, 0.15) is 137 Å². The van der Waals surface area contributed by atoms with E-state index in [-0.39, 0.29) is 0 Å². The van der Waals surface area contributed by atoms with E-state index in [1.165, 1.54) is 77.0 Å². The summed E-state index contributed by atoms with van der Waals surface area (Å²) in [4.78, 5) is 9.00. The second-order valence-corrected chi connectivity index (χ2v) is 14.3. The minimum atomic E-state index is -0.995. The minimum absolute atomic E-state index is 0.833. The second-order valence-electron chi connectivity index (χ2n) is 9.26. The predicted octanol–water partition coefficient (Wildman–Crippen LogP) is 9.15. The van der Waals surface area contributed by atoms with E-state index in [1.54, 1.807) is 50.3 Å². The van der Waals surface area contributed by atoms with Crippen LogP contribution in [0.2, 0.25) is 0 Å². The van der Waals surface area contributed by atoms with Crippen LogP contribution < -0.4 is 0 Å². The van der Waals surface area contributed by atoms with Crippen molar-refractivity contribution in [2.24, 2.45) is 0 Å². The van der Waals surface area contributed by atoms with Gasteiger partial charge in [0.1, 0.15) is 0 Å². The maximum absolute atomic E-state index is 9.00. The molecule has 0 rings (SSSR count). The van der Waals surface area contributed by atoms with E-state index in [4.69, 9.17) is 9.90 Å². The molecule has 0 aliphatic rings. The fraction of sp³-hybridized carbons (Fsp3) is 0.962. The van der Waals surface area contributed by atoms with Crippen LogP contribution in [0.4, 0.5) is 0 Å². The Morgan fingerprint density at radius 3 is 0.897 bits per heavy atom. The number of carbonyl (C=O) groups is 1.